The number of aliphatic carboxylic acids is 1. The van der Waals surface area contributed by atoms with E-state index in [4.69, 9.17) is 4.74 Å². The summed E-state index contributed by atoms with van der Waals surface area (Å²) in [4.78, 5) is 23.6. The molecule has 1 amide bonds. The topological polar surface area (TPSA) is 75.6 Å². The molecule has 0 saturated carbocycles. The number of hydrogen-bond donors (Lipinski definition) is 2. The van der Waals surface area contributed by atoms with Crippen LogP contribution in [0.1, 0.15) is 38.2 Å². The predicted molar refractivity (Wildman–Crippen MR) is 85.0 cm³/mol. The van der Waals surface area contributed by atoms with E-state index in [0.29, 0.717) is 6.42 Å². The van der Waals surface area contributed by atoms with Gasteiger partial charge in [0.2, 0.25) is 5.91 Å². The Morgan fingerprint density at radius 2 is 1.95 bits per heavy atom. The highest BCUT2D eigenvalue weighted by Crippen LogP contribution is 2.22. The highest BCUT2D eigenvalue weighted by Gasteiger charge is 2.24. The Balaban J connectivity index is 2.83. The summed E-state index contributed by atoms with van der Waals surface area (Å²) < 4.78 is 5.10. The summed E-state index contributed by atoms with van der Waals surface area (Å²) in [5.41, 5.74) is 0.843. The molecule has 5 heteroatoms. The van der Waals surface area contributed by atoms with Gasteiger partial charge in [0, 0.05) is 0 Å². The Labute approximate surface area is 131 Å². The van der Waals surface area contributed by atoms with Crippen molar-refractivity contribution in [2.75, 3.05) is 7.11 Å². The highest BCUT2D eigenvalue weighted by molar-refractivity contribution is 5.88. The van der Waals surface area contributed by atoms with Crippen LogP contribution >= 0.6 is 0 Å². The van der Waals surface area contributed by atoms with Crippen LogP contribution in [0.25, 0.3) is 0 Å². The molecule has 0 aliphatic rings. The van der Waals surface area contributed by atoms with Crippen molar-refractivity contribution in [1.29, 1.82) is 0 Å². The molecule has 2 unspecified atom stereocenters. The summed E-state index contributed by atoms with van der Waals surface area (Å²) in [6, 6.07) is 6.33. The average molecular weight is 305 g/mol. The molecular formula is C17H23NO4. The molecule has 0 spiro atoms. The molecule has 0 aliphatic carbocycles. The van der Waals surface area contributed by atoms with Gasteiger partial charge in [0.25, 0.3) is 0 Å². The summed E-state index contributed by atoms with van der Waals surface area (Å²) >= 11 is 0. The summed E-state index contributed by atoms with van der Waals surface area (Å²) in [6.45, 7) is 3.71. The quantitative estimate of drug-likeness (QED) is 0.724. The maximum Gasteiger partial charge on any atom is 0.326 e. The summed E-state index contributed by atoms with van der Waals surface area (Å²) in [5, 5.41) is 11.8. The zero-order valence-electron chi connectivity index (χ0n) is 13.2. The molecule has 1 rings (SSSR count). The number of carbonyl (C=O) groups is 2. The molecule has 120 valence electrons. The SMILES string of the molecule is C/C=C/CC(NC(=O)C(CC)c1ccc(OC)cc1)C(=O)O. The minimum Gasteiger partial charge on any atom is -0.497 e. The summed E-state index contributed by atoms with van der Waals surface area (Å²) in [7, 11) is 1.58. The van der Waals surface area contributed by atoms with Crippen LogP contribution in [0.5, 0.6) is 5.75 Å². The zero-order valence-corrected chi connectivity index (χ0v) is 13.2. The molecule has 22 heavy (non-hydrogen) atoms. The van der Waals surface area contributed by atoms with E-state index in [9.17, 15) is 14.7 Å². The fraction of sp³-hybridized carbons (Fsp3) is 0.412. The van der Waals surface area contributed by atoms with E-state index in [1.54, 1.807) is 31.4 Å². The Bertz CT molecular complexity index is 522. The van der Waals surface area contributed by atoms with Crippen LogP contribution in [0.15, 0.2) is 36.4 Å². The minimum absolute atomic E-state index is 0.274. The lowest BCUT2D eigenvalue weighted by atomic mass is 9.95. The fourth-order valence-electron chi connectivity index (χ4n) is 2.17. The number of amides is 1. The van der Waals surface area contributed by atoms with Crippen molar-refractivity contribution < 1.29 is 19.4 Å². The van der Waals surface area contributed by atoms with Gasteiger partial charge in [0.05, 0.1) is 13.0 Å². The molecule has 2 atom stereocenters. The van der Waals surface area contributed by atoms with Gasteiger partial charge in [0.1, 0.15) is 11.8 Å². The van der Waals surface area contributed by atoms with Crippen LogP contribution in [-0.4, -0.2) is 30.1 Å². The van der Waals surface area contributed by atoms with Crippen molar-refractivity contribution in [2.24, 2.45) is 0 Å². The lowest BCUT2D eigenvalue weighted by Crippen LogP contribution is -2.42. The predicted octanol–water partition coefficient (Wildman–Crippen LogP) is 2.72. The molecule has 5 nitrogen and oxygen atoms in total. The van der Waals surface area contributed by atoms with Gasteiger partial charge in [-0.15, -0.1) is 0 Å². The molecule has 0 aromatic heterocycles. The maximum absolute atomic E-state index is 12.4. The standard InChI is InChI=1S/C17H23NO4/c1-4-6-7-15(17(20)21)18-16(19)14(5-2)12-8-10-13(22-3)11-9-12/h4,6,8-11,14-15H,5,7H2,1-3H3,(H,18,19)(H,20,21)/b6-4+. The van der Waals surface area contributed by atoms with Gasteiger partial charge >= 0.3 is 5.97 Å². The second-order valence-electron chi connectivity index (χ2n) is 4.94. The number of nitrogens with one attached hydrogen (secondary N) is 1. The number of carbonyl (C=O) groups excluding carboxylic acids is 1. The first-order valence-electron chi connectivity index (χ1n) is 7.31. The number of hydrogen-bond acceptors (Lipinski definition) is 3. The second kappa shape index (κ2) is 8.87. The van der Waals surface area contributed by atoms with Crippen molar-refractivity contribution in [3.05, 3.63) is 42.0 Å². The molecule has 2 N–H and O–H groups in total. The van der Waals surface area contributed by atoms with Crippen molar-refractivity contribution in [2.45, 2.75) is 38.6 Å². The fourth-order valence-corrected chi connectivity index (χ4v) is 2.17. The summed E-state index contributed by atoms with van der Waals surface area (Å²) in [6.07, 6.45) is 4.36. The normalized spacial score (nSPS) is 13.6. The number of allylic oxidation sites excluding steroid dienone is 1. The van der Waals surface area contributed by atoms with E-state index in [0.717, 1.165) is 11.3 Å². The van der Waals surface area contributed by atoms with Crippen LogP contribution in [0.3, 0.4) is 0 Å². The second-order valence-corrected chi connectivity index (χ2v) is 4.94. The molecule has 0 radical (unpaired) electrons. The van der Waals surface area contributed by atoms with Gasteiger partial charge in [-0.3, -0.25) is 4.79 Å². The van der Waals surface area contributed by atoms with Gasteiger partial charge in [0.15, 0.2) is 0 Å². The molecular weight excluding hydrogens is 282 g/mol. The molecule has 0 aliphatic heterocycles. The van der Waals surface area contributed by atoms with Gasteiger partial charge < -0.3 is 15.2 Å². The van der Waals surface area contributed by atoms with Crippen LogP contribution in [-0.2, 0) is 9.59 Å². The van der Waals surface area contributed by atoms with Crippen molar-refractivity contribution >= 4 is 11.9 Å². The van der Waals surface area contributed by atoms with E-state index < -0.39 is 12.0 Å². The number of carboxylic acids is 1. The van der Waals surface area contributed by atoms with Crippen LogP contribution in [0.2, 0.25) is 0 Å². The minimum atomic E-state index is -1.03. The molecule has 0 fully saturated rings. The largest absolute Gasteiger partial charge is 0.497 e. The molecule has 1 aromatic rings. The number of carboxylic acid groups (broad SMARTS) is 1. The monoisotopic (exact) mass is 305 g/mol. The Morgan fingerprint density at radius 1 is 1.32 bits per heavy atom. The van der Waals surface area contributed by atoms with Gasteiger partial charge in [-0.05, 0) is 37.5 Å². The smallest absolute Gasteiger partial charge is 0.326 e. The van der Waals surface area contributed by atoms with Gasteiger partial charge in [-0.25, -0.2) is 4.79 Å². The zero-order chi connectivity index (χ0) is 16.5. The number of methoxy groups -OCH3 is 1. The Morgan fingerprint density at radius 3 is 2.41 bits per heavy atom. The molecule has 1 aromatic carbocycles. The first kappa shape index (κ1) is 17.8. The van der Waals surface area contributed by atoms with E-state index in [-0.39, 0.29) is 18.2 Å². The van der Waals surface area contributed by atoms with Crippen molar-refractivity contribution in [1.82, 2.24) is 5.32 Å². The first-order valence-corrected chi connectivity index (χ1v) is 7.31. The third-order valence-electron chi connectivity index (χ3n) is 3.46. The van der Waals surface area contributed by atoms with E-state index >= 15 is 0 Å². The number of rotatable bonds is 8. The highest BCUT2D eigenvalue weighted by atomic mass is 16.5. The Kier molecular flexibility index (Phi) is 7.16. The lowest BCUT2D eigenvalue weighted by molar-refractivity contribution is -0.141. The van der Waals surface area contributed by atoms with Crippen LogP contribution in [0, 0.1) is 0 Å². The van der Waals surface area contributed by atoms with Crippen LogP contribution in [0.4, 0.5) is 0 Å². The molecule has 0 heterocycles. The maximum atomic E-state index is 12.4. The van der Waals surface area contributed by atoms with Gasteiger partial charge in [-0.1, -0.05) is 31.2 Å². The third kappa shape index (κ3) is 4.91. The number of ether oxygens (including phenoxy) is 1. The van der Waals surface area contributed by atoms with E-state index in [1.165, 1.54) is 0 Å². The van der Waals surface area contributed by atoms with E-state index in [2.05, 4.69) is 5.32 Å². The molecule has 0 saturated heterocycles. The Hall–Kier alpha value is -2.30. The number of benzene rings is 1. The lowest BCUT2D eigenvalue weighted by Gasteiger charge is -2.19. The molecule has 0 bridgehead atoms. The van der Waals surface area contributed by atoms with Crippen LogP contribution < -0.4 is 10.1 Å². The van der Waals surface area contributed by atoms with Crippen molar-refractivity contribution in [3.63, 3.8) is 0 Å². The van der Waals surface area contributed by atoms with E-state index in [1.807, 2.05) is 26.0 Å². The first-order chi connectivity index (χ1) is 10.5. The summed E-state index contributed by atoms with van der Waals surface area (Å²) in [5.74, 6) is -0.963. The third-order valence-corrected chi connectivity index (χ3v) is 3.46. The van der Waals surface area contributed by atoms with Gasteiger partial charge in [-0.2, -0.15) is 0 Å². The van der Waals surface area contributed by atoms with Crippen molar-refractivity contribution in [3.8, 4) is 5.75 Å². The average Bonchev–Trinajstić information content (AvgIpc) is 2.52.